The van der Waals surface area contributed by atoms with Crippen molar-refractivity contribution in [3.05, 3.63) is 57.7 Å². The highest BCUT2D eigenvalue weighted by Crippen LogP contribution is 2.36. The fourth-order valence-electron chi connectivity index (χ4n) is 3.00. The van der Waals surface area contributed by atoms with Crippen LogP contribution in [0.1, 0.15) is 50.7 Å². The van der Waals surface area contributed by atoms with Crippen LogP contribution >= 0.6 is 11.3 Å². The van der Waals surface area contributed by atoms with Crippen molar-refractivity contribution in [3.8, 4) is 0 Å². The molecule has 0 radical (unpaired) electrons. The predicted molar refractivity (Wildman–Crippen MR) is 93.8 cm³/mol. The molecule has 0 N–H and O–H groups in total. The van der Waals surface area contributed by atoms with E-state index in [-0.39, 0.29) is 5.43 Å². The van der Waals surface area contributed by atoms with Gasteiger partial charge < -0.3 is 0 Å². The summed E-state index contributed by atoms with van der Waals surface area (Å²) in [5.41, 5.74) is 2.87. The molecule has 1 nitrogen and oxygen atoms in total. The molecule has 108 valence electrons. The zero-order valence-electron chi connectivity index (χ0n) is 12.9. The molecule has 0 unspecified atom stereocenters. The molecule has 0 aliphatic rings. The minimum absolute atomic E-state index is 0.163. The minimum Gasteiger partial charge on any atom is -0.289 e. The van der Waals surface area contributed by atoms with Gasteiger partial charge in [0.05, 0.1) is 0 Å². The van der Waals surface area contributed by atoms with E-state index in [4.69, 9.17) is 0 Å². The first-order valence-corrected chi connectivity index (χ1v) is 8.30. The Morgan fingerprint density at radius 1 is 0.857 bits per heavy atom. The second-order valence-corrected chi connectivity index (χ2v) is 7.23. The third kappa shape index (κ3) is 2.28. The van der Waals surface area contributed by atoms with Gasteiger partial charge in [0.25, 0.3) is 0 Å². The Balaban J connectivity index is 2.53. The molecule has 0 bridgehead atoms. The van der Waals surface area contributed by atoms with Gasteiger partial charge in [0, 0.05) is 20.2 Å². The topological polar surface area (TPSA) is 17.1 Å². The zero-order chi connectivity index (χ0) is 15.1. The summed E-state index contributed by atoms with van der Waals surface area (Å²) >= 11 is 1.75. The van der Waals surface area contributed by atoms with Crippen molar-refractivity contribution in [1.82, 2.24) is 0 Å². The van der Waals surface area contributed by atoms with Gasteiger partial charge in [0.2, 0.25) is 0 Å². The van der Waals surface area contributed by atoms with Crippen LogP contribution in [0.4, 0.5) is 0 Å². The van der Waals surface area contributed by atoms with Gasteiger partial charge in [-0.3, -0.25) is 4.79 Å². The van der Waals surface area contributed by atoms with Crippen LogP contribution in [0, 0.1) is 0 Å². The molecule has 0 aliphatic heterocycles. The second kappa shape index (κ2) is 5.27. The predicted octanol–water partition coefficient (Wildman–Crippen LogP) is 5.66. The number of hydrogen-bond donors (Lipinski definition) is 0. The molecular formula is C19H20OS. The Kier molecular flexibility index (Phi) is 3.58. The van der Waals surface area contributed by atoms with Gasteiger partial charge in [-0.15, -0.1) is 11.3 Å². The molecule has 3 rings (SSSR count). The molecule has 1 aromatic heterocycles. The van der Waals surface area contributed by atoms with E-state index in [1.54, 1.807) is 11.3 Å². The monoisotopic (exact) mass is 296 g/mol. The van der Waals surface area contributed by atoms with Crippen LogP contribution in [-0.4, -0.2) is 0 Å². The summed E-state index contributed by atoms with van der Waals surface area (Å²) < 4.78 is 2.25. The molecule has 2 aromatic carbocycles. The summed E-state index contributed by atoms with van der Waals surface area (Å²) in [5, 5.41) is 1.70. The smallest absolute Gasteiger partial charge is 0.195 e. The van der Waals surface area contributed by atoms with Crippen LogP contribution in [0.3, 0.4) is 0 Å². The van der Waals surface area contributed by atoms with Crippen molar-refractivity contribution in [1.29, 1.82) is 0 Å². The van der Waals surface area contributed by atoms with Crippen LogP contribution in [0.2, 0.25) is 0 Å². The largest absolute Gasteiger partial charge is 0.289 e. The van der Waals surface area contributed by atoms with Gasteiger partial charge in [-0.05, 0) is 41.2 Å². The lowest BCUT2D eigenvalue weighted by atomic mass is 9.89. The quantitative estimate of drug-likeness (QED) is 0.557. The first-order valence-electron chi connectivity index (χ1n) is 7.49. The standard InChI is InChI=1S/C19H20OS/c1-11(2)13-9-10-15-18(20)14-7-5-6-8-16(14)21-19(15)17(13)12(3)4/h5-12H,1-4H3. The van der Waals surface area contributed by atoms with Crippen LogP contribution in [-0.2, 0) is 0 Å². The first-order chi connectivity index (χ1) is 10.0. The number of rotatable bonds is 2. The normalized spacial score (nSPS) is 11.9. The zero-order valence-corrected chi connectivity index (χ0v) is 13.8. The van der Waals surface area contributed by atoms with E-state index in [0.29, 0.717) is 11.8 Å². The summed E-state index contributed by atoms with van der Waals surface area (Å²) in [6.45, 7) is 8.87. The summed E-state index contributed by atoms with van der Waals surface area (Å²) in [7, 11) is 0. The Hall–Kier alpha value is -1.67. The van der Waals surface area contributed by atoms with Crippen LogP contribution in [0.5, 0.6) is 0 Å². The fraction of sp³-hybridized carbons (Fsp3) is 0.316. The third-order valence-electron chi connectivity index (χ3n) is 4.02. The molecule has 0 aliphatic carbocycles. The maximum absolute atomic E-state index is 12.8. The van der Waals surface area contributed by atoms with Crippen molar-refractivity contribution >= 4 is 31.5 Å². The highest BCUT2D eigenvalue weighted by molar-refractivity contribution is 7.24. The molecule has 0 saturated carbocycles. The first kappa shape index (κ1) is 14.3. The molecule has 0 saturated heterocycles. The van der Waals surface area contributed by atoms with Crippen molar-refractivity contribution in [2.45, 2.75) is 39.5 Å². The van der Waals surface area contributed by atoms with Crippen LogP contribution < -0.4 is 5.43 Å². The lowest BCUT2D eigenvalue weighted by molar-refractivity contribution is 0.799. The Bertz CT molecular complexity index is 872. The highest BCUT2D eigenvalue weighted by atomic mass is 32.1. The maximum Gasteiger partial charge on any atom is 0.195 e. The van der Waals surface area contributed by atoms with Crippen molar-refractivity contribution < 1.29 is 0 Å². The molecule has 21 heavy (non-hydrogen) atoms. The van der Waals surface area contributed by atoms with Crippen molar-refractivity contribution in [2.75, 3.05) is 0 Å². The van der Waals surface area contributed by atoms with E-state index >= 15 is 0 Å². The molecule has 0 amide bonds. The third-order valence-corrected chi connectivity index (χ3v) is 5.24. The molecule has 1 heterocycles. The molecule has 0 fully saturated rings. The highest BCUT2D eigenvalue weighted by Gasteiger charge is 2.16. The van der Waals surface area contributed by atoms with E-state index in [9.17, 15) is 4.79 Å². The van der Waals surface area contributed by atoms with Crippen LogP contribution in [0.25, 0.3) is 20.2 Å². The summed E-state index contributed by atoms with van der Waals surface area (Å²) in [5.74, 6) is 0.892. The van der Waals surface area contributed by atoms with Gasteiger partial charge in [-0.25, -0.2) is 0 Å². The fourth-order valence-corrected chi connectivity index (χ4v) is 4.37. The number of hydrogen-bond acceptors (Lipinski definition) is 2. The van der Waals surface area contributed by atoms with Gasteiger partial charge in [0.1, 0.15) is 0 Å². The van der Waals surface area contributed by atoms with E-state index < -0.39 is 0 Å². The molecular weight excluding hydrogens is 276 g/mol. The molecule has 2 heteroatoms. The average Bonchev–Trinajstić information content (AvgIpc) is 2.46. The Labute approximate surface area is 129 Å². The summed E-state index contributed by atoms with van der Waals surface area (Å²) in [6.07, 6.45) is 0. The van der Waals surface area contributed by atoms with Gasteiger partial charge in [0.15, 0.2) is 5.43 Å². The average molecular weight is 296 g/mol. The van der Waals surface area contributed by atoms with Gasteiger partial charge in [-0.1, -0.05) is 45.9 Å². The van der Waals surface area contributed by atoms with Gasteiger partial charge in [-0.2, -0.15) is 0 Å². The Morgan fingerprint density at radius 2 is 1.57 bits per heavy atom. The second-order valence-electron chi connectivity index (χ2n) is 6.18. The molecule has 0 spiro atoms. The van der Waals surface area contributed by atoms with Crippen molar-refractivity contribution in [2.24, 2.45) is 0 Å². The molecule has 3 aromatic rings. The Morgan fingerprint density at radius 3 is 2.24 bits per heavy atom. The summed E-state index contributed by atoms with van der Waals surface area (Å²) in [4.78, 5) is 12.8. The summed E-state index contributed by atoms with van der Waals surface area (Å²) in [6, 6.07) is 12.1. The van der Waals surface area contributed by atoms with Crippen molar-refractivity contribution in [3.63, 3.8) is 0 Å². The van der Waals surface area contributed by atoms with Gasteiger partial charge >= 0.3 is 0 Å². The van der Waals surface area contributed by atoms with Crippen LogP contribution in [0.15, 0.2) is 41.2 Å². The van der Waals surface area contributed by atoms with E-state index in [1.807, 2.05) is 30.3 Å². The minimum atomic E-state index is 0.163. The number of fused-ring (bicyclic) bond motifs is 2. The molecule has 0 atom stereocenters. The lowest BCUT2D eigenvalue weighted by Crippen LogP contribution is -2.06. The van der Waals surface area contributed by atoms with E-state index in [2.05, 4.69) is 33.8 Å². The van der Waals surface area contributed by atoms with E-state index in [0.717, 1.165) is 15.5 Å². The lowest BCUT2D eigenvalue weighted by Gasteiger charge is -2.18. The van der Waals surface area contributed by atoms with E-state index in [1.165, 1.54) is 15.8 Å². The maximum atomic E-state index is 12.8. The number of benzene rings is 2. The SMILES string of the molecule is CC(C)c1ccc2c(=O)c3ccccc3sc2c1C(C)C.